The lowest BCUT2D eigenvalue weighted by Gasteiger charge is -2.10. The Labute approximate surface area is 135 Å². The third-order valence-corrected chi connectivity index (χ3v) is 3.77. The van der Waals surface area contributed by atoms with E-state index in [2.05, 4.69) is 9.72 Å². The maximum Gasteiger partial charge on any atom is 0.357 e. The second-order valence-corrected chi connectivity index (χ2v) is 5.45. The summed E-state index contributed by atoms with van der Waals surface area (Å²) in [4.78, 5) is 15.7. The van der Waals surface area contributed by atoms with Crippen LogP contribution in [0.3, 0.4) is 0 Å². The average molecular weight is 351 g/mol. The molecule has 0 aliphatic heterocycles. The molecule has 0 aliphatic carbocycles. The minimum absolute atomic E-state index is 0.0946. The molecule has 104 valence electrons. The van der Waals surface area contributed by atoms with Crippen molar-refractivity contribution < 1.29 is 9.53 Å². The van der Waals surface area contributed by atoms with Crippen molar-refractivity contribution in [3.05, 3.63) is 50.2 Å². The Bertz CT molecular complexity index is 688. The number of carbonyl (C=O) groups excluding carboxylic acids is 1. The number of rotatable bonds is 2. The quantitative estimate of drug-likeness (QED) is 0.555. The molecule has 7 heteroatoms. The standard InChI is InChI=1S/C13H7Cl4NO2/c1-20-13(19)12-8(2-6(14)5-18-12)7-3-10(16)11(17)4-9(7)15/h2-5H,1H3. The van der Waals surface area contributed by atoms with Gasteiger partial charge in [-0.3, -0.25) is 0 Å². The van der Waals surface area contributed by atoms with E-state index in [0.29, 0.717) is 31.2 Å². The lowest BCUT2D eigenvalue weighted by Crippen LogP contribution is -2.06. The lowest BCUT2D eigenvalue weighted by molar-refractivity contribution is 0.0595. The number of carbonyl (C=O) groups is 1. The first-order valence-corrected chi connectivity index (χ1v) is 6.84. The van der Waals surface area contributed by atoms with E-state index in [4.69, 9.17) is 46.4 Å². The highest BCUT2D eigenvalue weighted by atomic mass is 35.5. The number of halogens is 4. The van der Waals surface area contributed by atoms with E-state index >= 15 is 0 Å². The molecule has 0 saturated heterocycles. The number of hydrogen-bond donors (Lipinski definition) is 0. The molecule has 0 aliphatic rings. The first kappa shape index (κ1) is 15.4. The largest absolute Gasteiger partial charge is 0.464 e. The molecule has 0 N–H and O–H groups in total. The summed E-state index contributed by atoms with van der Waals surface area (Å²) < 4.78 is 4.69. The Morgan fingerprint density at radius 3 is 2.30 bits per heavy atom. The molecule has 2 rings (SSSR count). The van der Waals surface area contributed by atoms with Crippen LogP contribution >= 0.6 is 46.4 Å². The van der Waals surface area contributed by atoms with Crippen molar-refractivity contribution in [2.45, 2.75) is 0 Å². The molecular weight excluding hydrogens is 344 g/mol. The molecule has 0 radical (unpaired) electrons. The number of benzene rings is 1. The average Bonchev–Trinajstić information content (AvgIpc) is 2.42. The second-order valence-electron chi connectivity index (χ2n) is 3.79. The molecule has 0 atom stereocenters. The van der Waals surface area contributed by atoms with E-state index in [1.54, 1.807) is 12.1 Å². The highest BCUT2D eigenvalue weighted by Gasteiger charge is 2.18. The summed E-state index contributed by atoms with van der Waals surface area (Å²) in [6.07, 6.45) is 1.35. The molecule has 20 heavy (non-hydrogen) atoms. The molecule has 0 bridgehead atoms. The predicted octanol–water partition coefficient (Wildman–Crippen LogP) is 5.15. The maximum atomic E-state index is 11.8. The molecule has 1 heterocycles. The van der Waals surface area contributed by atoms with E-state index in [1.165, 1.54) is 19.4 Å². The van der Waals surface area contributed by atoms with Gasteiger partial charge < -0.3 is 4.74 Å². The minimum atomic E-state index is -0.598. The molecule has 0 spiro atoms. The fraction of sp³-hybridized carbons (Fsp3) is 0.0769. The van der Waals surface area contributed by atoms with Gasteiger partial charge in [-0.1, -0.05) is 46.4 Å². The summed E-state index contributed by atoms with van der Waals surface area (Å²) in [5.74, 6) is -0.598. The van der Waals surface area contributed by atoms with Gasteiger partial charge in [-0.05, 0) is 18.2 Å². The van der Waals surface area contributed by atoms with Crippen LogP contribution in [0.1, 0.15) is 10.5 Å². The van der Waals surface area contributed by atoms with Crippen molar-refractivity contribution in [2.75, 3.05) is 7.11 Å². The second kappa shape index (κ2) is 6.19. The van der Waals surface area contributed by atoms with Crippen molar-refractivity contribution >= 4 is 52.4 Å². The van der Waals surface area contributed by atoms with Gasteiger partial charge in [0.1, 0.15) is 0 Å². The SMILES string of the molecule is COC(=O)c1ncc(Cl)cc1-c1cc(Cl)c(Cl)cc1Cl. The van der Waals surface area contributed by atoms with E-state index in [-0.39, 0.29) is 5.69 Å². The number of pyridine rings is 1. The third kappa shape index (κ3) is 3.01. The fourth-order valence-corrected chi connectivity index (χ4v) is 2.44. The van der Waals surface area contributed by atoms with Gasteiger partial charge in [0.05, 0.1) is 27.2 Å². The van der Waals surface area contributed by atoms with Crippen LogP contribution < -0.4 is 0 Å². The zero-order valence-corrected chi connectivity index (χ0v) is 13.1. The Hall–Kier alpha value is -1.000. The van der Waals surface area contributed by atoms with Gasteiger partial charge in [-0.15, -0.1) is 0 Å². The van der Waals surface area contributed by atoms with Crippen LogP contribution in [0.4, 0.5) is 0 Å². The van der Waals surface area contributed by atoms with Gasteiger partial charge in [0.2, 0.25) is 0 Å². The molecule has 2 aromatic rings. The van der Waals surface area contributed by atoms with Crippen molar-refractivity contribution in [3.8, 4) is 11.1 Å². The van der Waals surface area contributed by atoms with Crippen LogP contribution in [0.5, 0.6) is 0 Å². The van der Waals surface area contributed by atoms with Crippen molar-refractivity contribution in [2.24, 2.45) is 0 Å². The lowest BCUT2D eigenvalue weighted by atomic mass is 10.0. The highest BCUT2D eigenvalue weighted by Crippen LogP contribution is 2.37. The van der Waals surface area contributed by atoms with Crippen molar-refractivity contribution in [1.29, 1.82) is 0 Å². The number of aromatic nitrogens is 1. The highest BCUT2D eigenvalue weighted by molar-refractivity contribution is 6.44. The minimum Gasteiger partial charge on any atom is -0.464 e. The van der Waals surface area contributed by atoms with Crippen molar-refractivity contribution in [1.82, 2.24) is 4.98 Å². The molecule has 1 aromatic heterocycles. The van der Waals surface area contributed by atoms with Crippen LogP contribution in [0.25, 0.3) is 11.1 Å². The fourth-order valence-electron chi connectivity index (χ4n) is 1.63. The Kier molecular flexibility index (Phi) is 4.76. The molecule has 3 nitrogen and oxygen atoms in total. The van der Waals surface area contributed by atoms with Gasteiger partial charge in [0, 0.05) is 17.3 Å². The topological polar surface area (TPSA) is 39.2 Å². The molecule has 0 unspecified atom stereocenters. The van der Waals surface area contributed by atoms with E-state index in [9.17, 15) is 4.79 Å². The summed E-state index contributed by atoms with van der Waals surface area (Å²) in [6, 6.07) is 4.60. The molecule has 0 amide bonds. The van der Waals surface area contributed by atoms with E-state index in [0.717, 1.165) is 0 Å². The van der Waals surface area contributed by atoms with Gasteiger partial charge in [-0.25, -0.2) is 9.78 Å². The summed E-state index contributed by atoms with van der Waals surface area (Å²) in [7, 11) is 1.26. The summed E-state index contributed by atoms with van der Waals surface area (Å²) >= 11 is 23.9. The molecule has 1 aromatic carbocycles. The van der Waals surface area contributed by atoms with E-state index < -0.39 is 5.97 Å². The number of ether oxygens (including phenoxy) is 1. The third-order valence-electron chi connectivity index (χ3n) is 2.53. The predicted molar refractivity (Wildman–Crippen MR) is 81.1 cm³/mol. The van der Waals surface area contributed by atoms with Crippen LogP contribution in [-0.4, -0.2) is 18.1 Å². The van der Waals surface area contributed by atoms with Crippen LogP contribution in [0.2, 0.25) is 20.1 Å². The molecule has 0 saturated carbocycles. The maximum absolute atomic E-state index is 11.8. The summed E-state index contributed by atoms with van der Waals surface area (Å²) in [6.45, 7) is 0. The number of esters is 1. The molecule has 0 fully saturated rings. The number of hydrogen-bond acceptors (Lipinski definition) is 3. The van der Waals surface area contributed by atoms with E-state index in [1.807, 2.05) is 0 Å². The van der Waals surface area contributed by atoms with Crippen LogP contribution in [-0.2, 0) is 4.74 Å². The van der Waals surface area contributed by atoms with Crippen LogP contribution in [0, 0.1) is 0 Å². The monoisotopic (exact) mass is 349 g/mol. The van der Waals surface area contributed by atoms with Gasteiger partial charge in [0.25, 0.3) is 0 Å². The first-order valence-electron chi connectivity index (χ1n) is 5.32. The Morgan fingerprint density at radius 1 is 1.00 bits per heavy atom. The molecular formula is C13H7Cl4NO2. The van der Waals surface area contributed by atoms with Gasteiger partial charge >= 0.3 is 5.97 Å². The van der Waals surface area contributed by atoms with Crippen LogP contribution in [0.15, 0.2) is 24.4 Å². The zero-order chi connectivity index (χ0) is 14.9. The first-order chi connectivity index (χ1) is 9.43. The Morgan fingerprint density at radius 2 is 1.65 bits per heavy atom. The number of methoxy groups -OCH3 is 1. The zero-order valence-electron chi connectivity index (χ0n) is 10.1. The number of nitrogens with zero attached hydrogens (tertiary/aromatic N) is 1. The summed E-state index contributed by atoms with van der Waals surface area (Å²) in [5, 5.41) is 1.31. The normalized spacial score (nSPS) is 10.4. The van der Waals surface area contributed by atoms with Gasteiger partial charge in [0.15, 0.2) is 5.69 Å². The van der Waals surface area contributed by atoms with Gasteiger partial charge in [-0.2, -0.15) is 0 Å². The van der Waals surface area contributed by atoms with Crippen molar-refractivity contribution in [3.63, 3.8) is 0 Å². The Balaban J connectivity index is 2.71. The summed E-state index contributed by atoms with van der Waals surface area (Å²) in [5.41, 5.74) is 1.02. The smallest absolute Gasteiger partial charge is 0.357 e.